The number of allylic oxidation sites excluding steroid dienone is 10. The Morgan fingerprint density at radius 3 is 1.08 bits per heavy atom. The smallest absolute Gasteiger partial charge is 0.306 e. The van der Waals surface area contributed by atoms with Crippen LogP contribution in [-0.2, 0) is 28.6 Å². The van der Waals surface area contributed by atoms with Gasteiger partial charge in [-0.25, -0.2) is 0 Å². The van der Waals surface area contributed by atoms with E-state index in [4.69, 9.17) is 14.2 Å². The van der Waals surface area contributed by atoms with Crippen molar-refractivity contribution in [2.45, 2.75) is 277 Å². The molecule has 64 heavy (non-hydrogen) atoms. The van der Waals surface area contributed by atoms with E-state index < -0.39 is 6.10 Å². The topological polar surface area (TPSA) is 78.9 Å². The van der Waals surface area contributed by atoms with Gasteiger partial charge in [-0.2, -0.15) is 0 Å². The largest absolute Gasteiger partial charge is 0.462 e. The summed E-state index contributed by atoms with van der Waals surface area (Å²) in [6.45, 7) is 6.49. The molecule has 0 radical (unpaired) electrons. The fourth-order valence-corrected chi connectivity index (χ4v) is 7.68. The molecule has 0 aliphatic rings. The van der Waals surface area contributed by atoms with Gasteiger partial charge in [0.2, 0.25) is 0 Å². The summed E-state index contributed by atoms with van der Waals surface area (Å²) in [7, 11) is 0. The summed E-state index contributed by atoms with van der Waals surface area (Å²) in [5.74, 6) is -0.910. The summed E-state index contributed by atoms with van der Waals surface area (Å²) in [5, 5.41) is 0. The SMILES string of the molecule is CC/C=C\C/C=C\C/C=C\CCCCCCC(=O)OCC(COC(=O)CCCCCCCCCCCCCCCCCCC)OC(=O)CCCCCCCC/C=C\C=C/CCCCC. The summed E-state index contributed by atoms with van der Waals surface area (Å²) in [5.41, 5.74) is 0. The zero-order valence-corrected chi connectivity index (χ0v) is 42.3. The average molecular weight is 895 g/mol. The highest BCUT2D eigenvalue weighted by Gasteiger charge is 2.19. The van der Waals surface area contributed by atoms with E-state index in [0.29, 0.717) is 19.3 Å². The molecule has 0 N–H and O–H groups in total. The van der Waals surface area contributed by atoms with Gasteiger partial charge in [0.25, 0.3) is 0 Å². The second-order valence-electron chi connectivity index (χ2n) is 18.1. The Morgan fingerprint density at radius 2 is 0.656 bits per heavy atom. The Labute approximate surface area is 396 Å². The predicted octanol–water partition coefficient (Wildman–Crippen LogP) is 18.0. The van der Waals surface area contributed by atoms with Crippen molar-refractivity contribution in [1.82, 2.24) is 0 Å². The molecule has 0 rings (SSSR count). The van der Waals surface area contributed by atoms with Gasteiger partial charge < -0.3 is 14.2 Å². The van der Waals surface area contributed by atoms with Crippen LogP contribution < -0.4 is 0 Å². The molecule has 0 aliphatic carbocycles. The van der Waals surface area contributed by atoms with Gasteiger partial charge >= 0.3 is 17.9 Å². The summed E-state index contributed by atoms with van der Waals surface area (Å²) in [6.07, 6.45) is 64.9. The minimum atomic E-state index is -0.787. The quantitative estimate of drug-likeness (QED) is 0.0199. The zero-order valence-electron chi connectivity index (χ0n) is 42.3. The molecule has 6 nitrogen and oxygen atoms in total. The summed E-state index contributed by atoms with van der Waals surface area (Å²) < 4.78 is 16.8. The molecular formula is C58H102O6. The highest BCUT2D eigenvalue weighted by Crippen LogP contribution is 2.16. The maximum Gasteiger partial charge on any atom is 0.306 e. The second kappa shape index (κ2) is 52.7. The lowest BCUT2D eigenvalue weighted by Gasteiger charge is -2.18. The fraction of sp³-hybridized carbons (Fsp3) is 0.776. The first kappa shape index (κ1) is 61.1. The Bertz CT molecular complexity index is 1170. The van der Waals surface area contributed by atoms with E-state index in [1.165, 1.54) is 128 Å². The third-order valence-electron chi connectivity index (χ3n) is 11.8. The fourth-order valence-electron chi connectivity index (χ4n) is 7.68. The lowest BCUT2D eigenvalue weighted by atomic mass is 10.0. The molecule has 6 heteroatoms. The molecule has 1 atom stereocenters. The first-order valence-corrected chi connectivity index (χ1v) is 27.3. The average Bonchev–Trinajstić information content (AvgIpc) is 3.29. The van der Waals surface area contributed by atoms with Gasteiger partial charge in [-0.3, -0.25) is 14.4 Å². The predicted molar refractivity (Wildman–Crippen MR) is 275 cm³/mol. The molecule has 0 bridgehead atoms. The van der Waals surface area contributed by atoms with Crippen LogP contribution in [0.1, 0.15) is 271 Å². The van der Waals surface area contributed by atoms with Gasteiger partial charge in [-0.1, -0.05) is 236 Å². The molecule has 0 amide bonds. The number of rotatable bonds is 49. The van der Waals surface area contributed by atoms with Crippen molar-refractivity contribution in [1.29, 1.82) is 0 Å². The van der Waals surface area contributed by atoms with Gasteiger partial charge in [-0.15, -0.1) is 0 Å². The summed E-state index contributed by atoms with van der Waals surface area (Å²) in [6, 6.07) is 0. The van der Waals surface area contributed by atoms with Crippen LogP contribution in [0.2, 0.25) is 0 Å². The lowest BCUT2D eigenvalue weighted by Crippen LogP contribution is -2.30. The van der Waals surface area contributed by atoms with Gasteiger partial charge in [0.15, 0.2) is 6.10 Å². The van der Waals surface area contributed by atoms with Crippen molar-refractivity contribution < 1.29 is 28.6 Å². The molecule has 0 aromatic rings. The minimum absolute atomic E-state index is 0.0842. The van der Waals surface area contributed by atoms with E-state index in [1.54, 1.807) is 0 Å². The molecular weight excluding hydrogens is 793 g/mol. The zero-order chi connectivity index (χ0) is 46.5. The molecule has 0 aromatic carbocycles. The van der Waals surface area contributed by atoms with E-state index in [1.807, 2.05) is 0 Å². The number of carbonyl (C=O) groups is 3. The molecule has 1 unspecified atom stereocenters. The van der Waals surface area contributed by atoms with Crippen LogP contribution in [-0.4, -0.2) is 37.2 Å². The molecule has 0 aromatic heterocycles. The summed E-state index contributed by atoms with van der Waals surface area (Å²) >= 11 is 0. The molecule has 0 spiro atoms. The monoisotopic (exact) mass is 895 g/mol. The number of esters is 3. The van der Waals surface area contributed by atoms with Crippen LogP contribution in [0.25, 0.3) is 0 Å². The Hall–Kier alpha value is -2.89. The van der Waals surface area contributed by atoms with E-state index in [2.05, 4.69) is 81.5 Å². The lowest BCUT2D eigenvalue weighted by molar-refractivity contribution is -0.167. The van der Waals surface area contributed by atoms with Gasteiger partial charge in [0.05, 0.1) is 0 Å². The first-order chi connectivity index (χ1) is 31.5. The van der Waals surface area contributed by atoms with Crippen LogP contribution in [0.5, 0.6) is 0 Å². The maximum atomic E-state index is 12.8. The van der Waals surface area contributed by atoms with Gasteiger partial charge in [-0.05, 0) is 77.0 Å². The van der Waals surface area contributed by atoms with Gasteiger partial charge in [0.1, 0.15) is 13.2 Å². The van der Waals surface area contributed by atoms with E-state index in [9.17, 15) is 14.4 Å². The Morgan fingerprint density at radius 1 is 0.344 bits per heavy atom. The number of carbonyl (C=O) groups excluding carboxylic acids is 3. The first-order valence-electron chi connectivity index (χ1n) is 27.3. The standard InChI is InChI=1S/C58H102O6/c1-4-7-10-13-16-19-22-25-28-29-31-33-36-39-42-45-48-51-57(60)63-54-55(53-62-56(59)50-47-44-41-38-35-32-27-24-21-18-15-12-9-6-3)64-58(61)52-49-46-43-40-37-34-30-26-23-20-17-14-11-8-5-2/h9,12,17-18,20-21,23,26-27,32,55H,4-8,10-11,13-16,19,22,24-25,28-31,33-54H2,1-3H3/b12-9-,20-17-,21-18-,26-23-,32-27-. The summed E-state index contributed by atoms with van der Waals surface area (Å²) in [4.78, 5) is 38.1. The van der Waals surface area contributed by atoms with E-state index in [-0.39, 0.29) is 31.1 Å². The van der Waals surface area contributed by atoms with Crippen molar-refractivity contribution in [2.24, 2.45) is 0 Å². The van der Waals surface area contributed by atoms with E-state index in [0.717, 1.165) is 103 Å². The highest BCUT2D eigenvalue weighted by atomic mass is 16.6. The maximum absolute atomic E-state index is 12.8. The van der Waals surface area contributed by atoms with Crippen LogP contribution in [0.4, 0.5) is 0 Å². The normalized spacial score (nSPS) is 12.5. The van der Waals surface area contributed by atoms with Crippen molar-refractivity contribution in [3.05, 3.63) is 60.8 Å². The number of ether oxygens (including phenoxy) is 3. The molecule has 0 heterocycles. The van der Waals surface area contributed by atoms with Crippen LogP contribution in [0, 0.1) is 0 Å². The van der Waals surface area contributed by atoms with Crippen LogP contribution >= 0.6 is 0 Å². The van der Waals surface area contributed by atoms with Crippen molar-refractivity contribution in [3.63, 3.8) is 0 Å². The van der Waals surface area contributed by atoms with E-state index >= 15 is 0 Å². The second-order valence-corrected chi connectivity index (χ2v) is 18.1. The molecule has 0 aliphatic heterocycles. The Balaban J connectivity index is 4.40. The number of unbranched alkanes of at least 4 members (excludes halogenated alkanes) is 29. The van der Waals surface area contributed by atoms with Gasteiger partial charge in [0, 0.05) is 19.3 Å². The molecule has 370 valence electrons. The van der Waals surface area contributed by atoms with Crippen LogP contribution in [0.3, 0.4) is 0 Å². The third-order valence-corrected chi connectivity index (χ3v) is 11.8. The molecule has 0 saturated carbocycles. The number of hydrogen-bond acceptors (Lipinski definition) is 6. The van der Waals surface area contributed by atoms with Crippen molar-refractivity contribution >= 4 is 17.9 Å². The van der Waals surface area contributed by atoms with Crippen molar-refractivity contribution in [2.75, 3.05) is 13.2 Å². The highest BCUT2D eigenvalue weighted by molar-refractivity contribution is 5.71. The molecule has 0 saturated heterocycles. The van der Waals surface area contributed by atoms with Crippen LogP contribution in [0.15, 0.2) is 60.8 Å². The van der Waals surface area contributed by atoms with Crippen molar-refractivity contribution in [3.8, 4) is 0 Å². The number of hydrogen-bond donors (Lipinski definition) is 0. The minimum Gasteiger partial charge on any atom is -0.462 e. The molecule has 0 fully saturated rings. The Kier molecular flexibility index (Phi) is 50.4. The third kappa shape index (κ3) is 50.1.